The first-order valence-corrected chi connectivity index (χ1v) is 13.1. The van der Waals surface area contributed by atoms with E-state index in [-0.39, 0.29) is 38.2 Å². The van der Waals surface area contributed by atoms with Crippen LogP contribution in [0.2, 0.25) is 5.02 Å². The number of halogens is 5. The summed E-state index contributed by atoms with van der Waals surface area (Å²) in [7, 11) is 2.01. The number of alkyl halides is 3. The molecule has 0 radical (unpaired) electrons. The predicted molar refractivity (Wildman–Crippen MR) is 134 cm³/mol. The number of benzene rings is 1. The summed E-state index contributed by atoms with van der Waals surface area (Å²) in [6.07, 6.45) is -2.73. The Balaban J connectivity index is 1.52. The lowest BCUT2D eigenvalue weighted by atomic mass is 9.79. The van der Waals surface area contributed by atoms with E-state index in [9.17, 15) is 23.1 Å². The Morgan fingerprint density at radius 2 is 2.03 bits per heavy atom. The van der Waals surface area contributed by atoms with Crippen LogP contribution in [0.25, 0.3) is 10.9 Å². The average molecular weight is 609 g/mol. The maximum atomic E-state index is 13.0. The van der Waals surface area contributed by atoms with Crippen LogP contribution >= 0.6 is 27.5 Å². The van der Waals surface area contributed by atoms with Gasteiger partial charge in [0.05, 0.1) is 9.50 Å². The first-order valence-electron chi connectivity index (χ1n) is 11.9. The highest BCUT2D eigenvalue weighted by Crippen LogP contribution is 2.46. The van der Waals surface area contributed by atoms with Crippen LogP contribution in [0.3, 0.4) is 0 Å². The third-order valence-corrected chi connectivity index (χ3v) is 8.63. The number of amides is 1. The summed E-state index contributed by atoms with van der Waals surface area (Å²) in [5, 5.41) is 9.85. The van der Waals surface area contributed by atoms with Crippen molar-refractivity contribution in [2.24, 2.45) is 5.41 Å². The molecule has 3 saturated heterocycles. The number of likely N-dealkylation sites (tertiary alicyclic amines) is 2. The van der Waals surface area contributed by atoms with Gasteiger partial charge in [0.15, 0.2) is 12.4 Å². The molecule has 0 unspecified atom stereocenters. The summed E-state index contributed by atoms with van der Waals surface area (Å²) in [6.45, 7) is 1.77. The van der Waals surface area contributed by atoms with E-state index in [1.54, 1.807) is 6.07 Å². The van der Waals surface area contributed by atoms with Gasteiger partial charge in [-0.1, -0.05) is 11.6 Å². The van der Waals surface area contributed by atoms with Crippen molar-refractivity contribution in [1.82, 2.24) is 19.8 Å². The van der Waals surface area contributed by atoms with Crippen molar-refractivity contribution in [3.8, 4) is 11.8 Å². The summed E-state index contributed by atoms with van der Waals surface area (Å²) in [5.74, 6) is 0.331. The van der Waals surface area contributed by atoms with E-state index < -0.39 is 18.9 Å². The zero-order valence-electron chi connectivity index (χ0n) is 20.0. The molecule has 14 heteroatoms. The van der Waals surface area contributed by atoms with Crippen molar-refractivity contribution in [3.05, 3.63) is 15.6 Å². The van der Waals surface area contributed by atoms with E-state index in [2.05, 4.69) is 30.8 Å². The lowest BCUT2D eigenvalue weighted by Gasteiger charge is -2.46. The van der Waals surface area contributed by atoms with Crippen LogP contribution in [0.5, 0.6) is 11.8 Å². The highest BCUT2D eigenvalue weighted by molar-refractivity contribution is 9.10. The maximum absolute atomic E-state index is 13.0. The number of likely N-dealkylation sites (N-methyl/N-ethyl adjacent to an activating group) is 1. The normalized spacial score (nSPS) is 21.6. The molecule has 9 nitrogen and oxygen atoms in total. The quantitative estimate of drug-likeness (QED) is 0.507. The second-order valence-corrected chi connectivity index (χ2v) is 11.2. The predicted octanol–water partition coefficient (Wildman–Crippen LogP) is 4.65. The molecule has 4 heterocycles. The standard InChI is InChI=1S/C23H26BrClF3N5O4/c1-31-5-2-3-13(31)8-36-20-29-17-14(7-15(25)16(24)18(17)37-12-23(26,27)28)19(30-20)32-6-4-22(9-32)10-33(11-22)21(34)35/h7,13H,2-6,8-12H2,1H3,(H,34,35)/t13-/m0/s1. The second-order valence-electron chi connectivity index (χ2n) is 10.0. The maximum Gasteiger partial charge on any atom is 0.422 e. The van der Waals surface area contributed by atoms with E-state index in [1.807, 2.05) is 11.9 Å². The minimum absolute atomic E-state index is 0.0376. The largest absolute Gasteiger partial charge is 0.481 e. The van der Waals surface area contributed by atoms with Gasteiger partial charge in [-0.2, -0.15) is 23.1 Å². The SMILES string of the molecule is CN1CCC[C@H]1COc1nc(N2CCC3(CN(C(=O)O)C3)C2)c2cc(Cl)c(Br)c(OCC(F)(F)F)c2n1. The summed E-state index contributed by atoms with van der Waals surface area (Å²) in [5.41, 5.74) is -0.0418. The minimum atomic E-state index is -4.56. The molecule has 1 atom stereocenters. The van der Waals surface area contributed by atoms with Crippen LogP contribution in [-0.4, -0.2) is 96.2 Å². The van der Waals surface area contributed by atoms with E-state index in [1.165, 1.54) is 4.90 Å². The molecule has 5 rings (SSSR count). The van der Waals surface area contributed by atoms with Gasteiger partial charge < -0.3 is 29.3 Å². The van der Waals surface area contributed by atoms with Crippen molar-refractivity contribution in [1.29, 1.82) is 0 Å². The number of carboxylic acid groups (broad SMARTS) is 1. The van der Waals surface area contributed by atoms with Gasteiger partial charge in [-0.3, -0.25) is 0 Å². The van der Waals surface area contributed by atoms with Crippen molar-refractivity contribution in [2.45, 2.75) is 31.5 Å². The molecule has 0 bridgehead atoms. The zero-order valence-corrected chi connectivity index (χ0v) is 22.4. The van der Waals surface area contributed by atoms with Gasteiger partial charge in [-0.15, -0.1) is 0 Å². The number of rotatable bonds is 6. The Morgan fingerprint density at radius 1 is 1.27 bits per heavy atom. The van der Waals surface area contributed by atoms with Crippen LogP contribution in [0.15, 0.2) is 10.5 Å². The molecule has 3 aliphatic rings. The molecule has 1 N–H and O–H groups in total. The summed E-state index contributed by atoms with van der Waals surface area (Å²) in [4.78, 5) is 26.0. The Kier molecular flexibility index (Phi) is 6.99. The molecule has 202 valence electrons. The molecule has 1 amide bonds. The van der Waals surface area contributed by atoms with Crippen LogP contribution in [0, 0.1) is 5.41 Å². The molecule has 2 aromatic rings. The first-order chi connectivity index (χ1) is 17.4. The fourth-order valence-corrected chi connectivity index (χ4v) is 5.98. The van der Waals surface area contributed by atoms with Gasteiger partial charge in [0.2, 0.25) is 0 Å². The van der Waals surface area contributed by atoms with Crippen LogP contribution < -0.4 is 14.4 Å². The molecule has 1 aromatic carbocycles. The Bertz CT molecular complexity index is 1210. The summed E-state index contributed by atoms with van der Waals surface area (Å²) < 4.78 is 50.4. The minimum Gasteiger partial charge on any atom is -0.481 e. The van der Waals surface area contributed by atoms with Gasteiger partial charge >= 0.3 is 18.3 Å². The number of aromatic nitrogens is 2. The van der Waals surface area contributed by atoms with Gasteiger partial charge in [-0.05, 0) is 54.9 Å². The molecular formula is C23H26BrClF3N5O4. The van der Waals surface area contributed by atoms with Crippen LogP contribution in [-0.2, 0) is 0 Å². The molecule has 0 saturated carbocycles. The second kappa shape index (κ2) is 9.81. The van der Waals surface area contributed by atoms with E-state index in [0.29, 0.717) is 44.0 Å². The number of carbonyl (C=O) groups is 1. The summed E-state index contributed by atoms with van der Waals surface area (Å²) in [6, 6.07) is 1.82. The fourth-order valence-electron chi connectivity index (χ4n) is 5.37. The van der Waals surface area contributed by atoms with E-state index in [4.69, 9.17) is 21.1 Å². The average Bonchev–Trinajstić information content (AvgIpc) is 3.42. The monoisotopic (exact) mass is 607 g/mol. The van der Waals surface area contributed by atoms with Crippen molar-refractivity contribution >= 4 is 50.3 Å². The highest BCUT2D eigenvalue weighted by atomic mass is 79.9. The lowest BCUT2D eigenvalue weighted by molar-refractivity contribution is -0.153. The summed E-state index contributed by atoms with van der Waals surface area (Å²) >= 11 is 9.64. The number of fused-ring (bicyclic) bond motifs is 1. The third kappa shape index (κ3) is 5.35. The lowest BCUT2D eigenvalue weighted by Crippen LogP contribution is -2.59. The Morgan fingerprint density at radius 3 is 2.68 bits per heavy atom. The number of nitrogens with zero attached hydrogens (tertiary/aromatic N) is 5. The van der Waals surface area contributed by atoms with Crippen LogP contribution in [0.4, 0.5) is 23.8 Å². The smallest absolute Gasteiger partial charge is 0.422 e. The number of hydrogen-bond donors (Lipinski definition) is 1. The van der Waals surface area contributed by atoms with E-state index >= 15 is 0 Å². The van der Waals surface area contributed by atoms with Crippen molar-refractivity contribution < 1.29 is 32.5 Å². The molecule has 3 fully saturated rings. The van der Waals surface area contributed by atoms with Crippen LogP contribution in [0.1, 0.15) is 19.3 Å². The fraction of sp³-hybridized carbons (Fsp3) is 0.609. The topological polar surface area (TPSA) is 91.3 Å². The van der Waals surface area contributed by atoms with Crippen molar-refractivity contribution in [2.75, 3.05) is 57.9 Å². The Labute approximate surface area is 224 Å². The molecule has 3 aliphatic heterocycles. The van der Waals surface area contributed by atoms with Gasteiger partial charge in [-0.25, -0.2) is 4.79 Å². The molecule has 0 aliphatic carbocycles. The Hall–Kier alpha value is -2.25. The number of anilines is 1. The molecule has 1 aromatic heterocycles. The van der Waals surface area contributed by atoms with E-state index in [0.717, 1.165) is 25.8 Å². The number of ether oxygens (including phenoxy) is 2. The third-order valence-electron chi connectivity index (χ3n) is 7.32. The van der Waals surface area contributed by atoms with Gasteiger partial charge in [0, 0.05) is 43.0 Å². The zero-order chi connectivity index (χ0) is 26.5. The van der Waals surface area contributed by atoms with Gasteiger partial charge in [0.25, 0.3) is 0 Å². The molecule has 37 heavy (non-hydrogen) atoms. The first kappa shape index (κ1) is 26.4. The van der Waals surface area contributed by atoms with Gasteiger partial charge in [0.1, 0.15) is 17.9 Å². The van der Waals surface area contributed by atoms with Crippen molar-refractivity contribution in [3.63, 3.8) is 0 Å². The highest BCUT2D eigenvalue weighted by Gasteiger charge is 2.50. The number of hydrogen-bond acceptors (Lipinski definition) is 7. The molecule has 1 spiro atoms. The molecular weight excluding hydrogens is 583 g/mol.